The van der Waals surface area contributed by atoms with Crippen molar-refractivity contribution >= 4 is 69.1 Å². The number of methoxy groups -OCH3 is 3. The van der Waals surface area contributed by atoms with Gasteiger partial charge in [0.2, 0.25) is 0 Å². The molecule has 0 aliphatic carbocycles. The second-order valence-electron chi connectivity index (χ2n) is 16.3. The van der Waals surface area contributed by atoms with E-state index in [1.807, 2.05) is 4.90 Å². The number of nitrogens with zero attached hydrogens (tertiary/aromatic N) is 7. The fraction of sp³-hybridized carbons (Fsp3) is 0.0500. The lowest BCUT2D eigenvalue weighted by atomic mass is 10.1. The molecule has 0 bridgehead atoms. The first kappa shape index (κ1) is 50.3. The lowest BCUT2D eigenvalue weighted by molar-refractivity contribution is 0.0725. The van der Waals surface area contributed by atoms with Crippen molar-refractivity contribution < 1.29 is 42.8 Å². The van der Waals surface area contributed by atoms with Crippen LogP contribution in [0.1, 0.15) is 31.1 Å². The van der Waals surface area contributed by atoms with Crippen LogP contribution in [0, 0.1) is 0 Å². The maximum Gasteiger partial charge on any atom is 0.343 e. The molecule has 9 aromatic carbocycles. The first-order chi connectivity index (χ1) is 37.2. The molecule has 0 aliphatic heterocycles. The molecule has 9 rings (SSSR count). The Bertz CT molecular complexity index is 3120. The van der Waals surface area contributed by atoms with Crippen molar-refractivity contribution in [3.05, 3.63) is 235 Å². The second kappa shape index (κ2) is 24.2. The highest BCUT2D eigenvalue weighted by Gasteiger charge is 2.18. The molecule has 0 spiro atoms. The summed E-state index contributed by atoms with van der Waals surface area (Å²) in [6.07, 6.45) is 0. The largest absolute Gasteiger partial charge is 0.497 e. The maximum atomic E-state index is 13.4. The molecule has 0 N–H and O–H groups in total. The van der Waals surface area contributed by atoms with Crippen molar-refractivity contribution in [2.24, 2.45) is 30.7 Å². The monoisotopic (exact) mass is 1010 g/mol. The number of carbonyl (C=O) groups excluding carboxylic acids is 3. The molecule has 0 heterocycles. The third-order valence-electron chi connectivity index (χ3n) is 11.3. The molecule has 0 aliphatic rings. The quantitative estimate of drug-likeness (QED) is 0.0455. The van der Waals surface area contributed by atoms with E-state index in [9.17, 15) is 14.4 Å². The first-order valence-electron chi connectivity index (χ1n) is 23.4. The summed E-state index contributed by atoms with van der Waals surface area (Å²) in [4.78, 5) is 42.0. The van der Waals surface area contributed by atoms with Crippen LogP contribution in [-0.2, 0) is 0 Å². The number of esters is 3. The molecule has 0 aromatic heterocycles. The lowest BCUT2D eigenvalue weighted by Crippen LogP contribution is -2.13. The zero-order valence-corrected chi connectivity index (χ0v) is 41.1. The van der Waals surface area contributed by atoms with E-state index in [0.717, 1.165) is 0 Å². The summed E-state index contributed by atoms with van der Waals surface area (Å²) in [5, 5.41) is 25.5. The highest BCUT2D eigenvalue weighted by atomic mass is 16.5. The van der Waals surface area contributed by atoms with Crippen LogP contribution in [0.5, 0.6) is 34.5 Å². The van der Waals surface area contributed by atoms with Gasteiger partial charge in [0.05, 0.1) is 72.1 Å². The fourth-order valence-electron chi connectivity index (χ4n) is 7.22. The molecular formula is C60H45N7O9. The van der Waals surface area contributed by atoms with Gasteiger partial charge in [-0.2, -0.15) is 30.7 Å². The smallest absolute Gasteiger partial charge is 0.343 e. The zero-order valence-electron chi connectivity index (χ0n) is 41.1. The van der Waals surface area contributed by atoms with Gasteiger partial charge < -0.3 is 33.3 Å². The van der Waals surface area contributed by atoms with Crippen molar-refractivity contribution in [2.75, 3.05) is 26.2 Å². The highest BCUT2D eigenvalue weighted by molar-refractivity contribution is 5.94. The van der Waals surface area contributed by atoms with E-state index < -0.39 is 17.9 Å². The molecule has 0 amide bonds. The summed E-state index contributed by atoms with van der Waals surface area (Å²) in [7, 11) is 4.78. The average Bonchev–Trinajstić information content (AvgIpc) is 3.47. The van der Waals surface area contributed by atoms with Crippen molar-refractivity contribution in [2.45, 2.75) is 0 Å². The van der Waals surface area contributed by atoms with E-state index in [4.69, 9.17) is 28.4 Å². The van der Waals surface area contributed by atoms with Gasteiger partial charge in [-0.1, -0.05) is 0 Å². The van der Waals surface area contributed by atoms with E-state index in [1.54, 1.807) is 240 Å². The third kappa shape index (κ3) is 13.3. The summed E-state index contributed by atoms with van der Waals surface area (Å²) in [6.45, 7) is 0. The fourth-order valence-corrected chi connectivity index (χ4v) is 7.22. The normalized spacial score (nSPS) is 11.1. The second-order valence-corrected chi connectivity index (χ2v) is 16.3. The van der Waals surface area contributed by atoms with Gasteiger partial charge in [0.15, 0.2) is 0 Å². The van der Waals surface area contributed by atoms with Gasteiger partial charge >= 0.3 is 17.9 Å². The summed E-state index contributed by atoms with van der Waals surface area (Å²) in [6, 6.07) is 62.0. The minimum absolute atomic E-state index is 0.296. The molecule has 374 valence electrons. The molecule has 0 saturated heterocycles. The van der Waals surface area contributed by atoms with Gasteiger partial charge in [0, 0.05) is 17.1 Å². The van der Waals surface area contributed by atoms with Crippen LogP contribution in [0.4, 0.5) is 51.2 Å². The van der Waals surface area contributed by atoms with Crippen LogP contribution >= 0.6 is 0 Å². The number of rotatable bonds is 18. The average molecular weight is 1010 g/mol. The van der Waals surface area contributed by atoms with E-state index >= 15 is 0 Å². The van der Waals surface area contributed by atoms with Gasteiger partial charge in [0.25, 0.3) is 0 Å². The molecule has 0 saturated carbocycles. The standard InChI is InChI=1S/C60H45N7O9/c1-71-52-28-10-43(11-29-52)61-64-46-16-34-55(35-17-46)74-58(68)40-4-22-49(23-5-40)67(50-24-6-41(7-25-50)59(69)75-56-36-18-47(19-37-56)65-62-44-12-30-53(72-2)31-13-44)51-26-8-42(9-27-51)60(70)76-57-38-20-48(21-39-57)66-63-45-14-32-54(73-3)33-15-45/h4-39H,1-3H3. The van der Waals surface area contributed by atoms with E-state index in [1.165, 1.54) is 0 Å². The predicted molar refractivity (Wildman–Crippen MR) is 287 cm³/mol. The lowest BCUT2D eigenvalue weighted by Gasteiger charge is -2.26. The number of hydrogen-bond donors (Lipinski definition) is 0. The molecule has 0 fully saturated rings. The molecule has 0 radical (unpaired) electrons. The molecule has 76 heavy (non-hydrogen) atoms. The molecule has 16 nitrogen and oxygen atoms in total. The van der Waals surface area contributed by atoms with E-state index in [-0.39, 0.29) is 0 Å². The van der Waals surface area contributed by atoms with Crippen LogP contribution < -0.4 is 33.3 Å². The zero-order chi connectivity index (χ0) is 52.6. The Kier molecular flexibility index (Phi) is 16.0. The Morgan fingerprint density at radius 3 is 0.632 bits per heavy atom. The van der Waals surface area contributed by atoms with Gasteiger partial charge in [-0.15, -0.1) is 0 Å². The van der Waals surface area contributed by atoms with E-state index in [0.29, 0.717) is 102 Å². The van der Waals surface area contributed by atoms with Gasteiger partial charge in [0.1, 0.15) is 34.5 Å². The van der Waals surface area contributed by atoms with Crippen LogP contribution in [-0.4, -0.2) is 39.2 Å². The summed E-state index contributed by atoms with van der Waals surface area (Å²) < 4.78 is 32.7. The highest BCUT2D eigenvalue weighted by Crippen LogP contribution is 2.36. The number of carbonyl (C=O) groups is 3. The topological polar surface area (TPSA) is 184 Å². The predicted octanol–water partition coefficient (Wildman–Crippen LogP) is 16.1. The van der Waals surface area contributed by atoms with Gasteiger partial charge in [-0.25, -0.2) is 14.4 Å². The minimum Gasteiger partial charge on any atom is -0.497 e. The van der Waals surface area contributed by atoms with Crippen molar-refractivity contribution in [3.8, 4) is 34.5 Å². The number of benzene rings is 9. The Morgan fingerprint density at radius 2 is 0.447 bits per heavy atom. The van der Waals surface area contributed by atoms with Crippen LogP contribution in [0.3, 0.4) is 0 Å². The van der Waals surface area contributed by atoms with Crippen molar-refractivity contribution in [1.82, 2.24) is 0 Å². The maximum absolute atomic E-state index is 13.4. The van der Waals surface area contributed by atoms with Crippen LogP contribution in [0.15, 0.2) is 249 Å². The molecular weight excluding hydrogens is 963 g/mol. The Morgan fingerprint density at radius 1 is 0.263 bits per heavy atom. The Balaban J connectivity index is 0.889. The Labute approximate surface area is 436 Å². The summed E-state index contributed by atoms with van der Waals surface area (Å²) in [5.74, 6) is 1.40. The minimum atomic E-state index is -0.573. The van der Waals surface area contributed by atoms with E-state index in [2.05, 4.69) is 30.7 Å². The molecule has 9 aromatic rings. The van der Waals surface area contributed by atoms with Crippen LogP contribution in [0.2, 0.25) is 0 Å². The molecule has 0 atom stereocenters. The van der Waals surface area contributed by atoms with Crippen molar-refractivity contribution in [1.29, 1.82) is 0 Å². The first-order valence-corrected chi connectivity index (χ1v) is 23.4. The van der Waals surface area contributed by atoms with Gasteiger partial charge in [-0.3, -0.25) is 0 Å². The summed E-state index contributed by atoms with van der Waals surface area (Å²) in [5.41, 5.74) is 6.54. The third-order valence-corrected chi connectivity index (χ3v) is 11.3. The molecule has 0 unspecified atom stereocenters. The number of anilines is 3. The Hall–Kier alpha value is -10.6. The van der Waals surface area contributed by atoms with Crippen molar-refractivity contribution in [3.63, 3.8) is 0 Å². The summed E-state index contributed by atoms with van der Waals surface area (Å²) >= 11 is 0. The number of hydrogen-bond acceptors (Lipinski definition) is 16. The SMILES string of the molecule is COc1ccc(N=Nc2ccc(OC(=O)c3ccc(N(c4ccc(C(=O)Oc5ccc(N=Nc6ccc(OC)cc6)cc5)cc4)c4ccc(C(=O)Oc5ccc(N=Nc6ccc(OC)cc6)cc5)cc4)cc3)cc2)cc1. The number of ether oxygens (including phenoxy) is 6. The van der Waals surface area contributed by atoms with Crippen LogP contribution in [0.25, 0.3) is 0 Å². The molecule has 16 heteroatoms. The van der Waals surface area contributed by atoms with Gasteiger partial charge in [-0.05, 0) is 218 Å². The number of azo groups is 3.